The van der Waals surface area contributed by atoms with Crippen LogP contribution in [0.25, 0.3) is 0 Å². The second-order valence-electron chi connectivity index (χ2n) is 5.50. The fraction of sp³-hybridized carbons (Fsp3) is 0.389. The Morgan fingerprint density at radius 1 is 1.20 bits per heavy atom. The number of guanidine groups is 1. The maximum Gasteiger partial charge on any atom is 0.231 e. The van der Waals surface area contributed by atoms with E-state index in [1.54, 1.807) is 11.3 Å². The van der Waals surface area contributed by atoms with Crippen molar-refractivity contribution in [3.63, 3.8) is 0 Å². The van der Waals surface area contributed by atoms with Crippen molar-refractivity contribution < 1.29 is 14.2 Å². The molecule has 0 radical (unpaired) electrons. The van der Waals surface area contributed by atoms with Gasteiger partial charge in [-0.15, -0.1) is 11.3 Å². The second-order valence-corrected chi connectivity index (χ2v) is 6.87. The van der Waals surface area contributed by atoms with Gasteiger partial charge in [-0.3, -0.25) is 0 Å². The van der Waals surface area contributed by atoms with Crippen LogP contribution in [0.3, 0.4) is 0 Å². The third-order valence-corrected chi connectivity index (χ3v) is 4.53. The molecule has 1 aromatic carbocycles. The predicted molar refractivity (Wildman–Crippen MR) is 99.9 cm³/mol. The highest BCUT2D eigenvalue weighted by Crippen LogP contribution is 2.34. The Labute approximate surface area is 151 Å². The van der Waals surface area contributed by atoms with E-state index in [9.17, 15) is 0 Å². The van der Waals surface area contributed by atoms with Crippen LogP contribution in [0.1, 0.15) is 16.7 Å². The highest BCUT2D eigenvalue weighted by atomic mass is 32.1. The molecule has 0 amide bonds. The van der Waals surface area contributed by atoms with Crippen LogP contribution in [0.15, 0.2) is 35.3 Å². The van der Waals surface area contributed by atoms with Crippen molar-refractivity contribution >= 4 is 17.3 Å². The molecule has 0 atom stereocenters. The van der Waals surface area contributed by atoms with E-state index in [0.717, 1.165) is 29.8 Å². The van der Waals surface area contributed by atoms with Gasteiger partial charge in [0, 0.05) is 22.4 Å². The van der Waals surface area contributed by atoms with Crippen LogP contribution in [0.2, 0.25) is 0 Å². The van der Waals surface area contributed by atoms with E-state index in [4.69, 9.17) is 14.2 Å². The topological polar surface area (TPSA) is 64.1 Å². The average molecular weight is 361 g/mol. The number of nitrogens with zero attached hydrogens (tertiary/aromatic N) is 1. The Bertz CT molecular complexity index is 730. The number of rotatable bonds is 7. The molecule has 25 heavy (non-hydrogen) atoms. The van der Waals surface area contributed by atoms with Gasteiger partial charge in [-0.25, -0.2) is 4.99 Å². The second kappa shape index (κ2) is 8.62. The lowest BCUT2D eigenvalue weighted by Crippen LogP contribution is -2.39. The summed E-state index contributed by atoms with van der Waals surface area (Å²) in [6, 6.07) is 9.83. The van der Waals surface area contributed by atoms with Crippen molar-refractivity contribution in [1.82, 2.24) is 10.6 Å². The lowest BCUT2D eigenvalue weighted by Gasteiger charge is -2.12. The predicted octanol–water partition coefficient (Wildman–Crippen LogP) is 2.92. The van der Waals surface area contributed by atoms with Crippen LogP contribution in [0.4, 0.5) is 0 Å². The molecule has 0 fully saturated rings. The first-order valence-corrected chi connectivity index (χ1v) is 9.16. The minimum absolute atomic E-state index is 0.270. The number of hydrogen-bond acceptors (Lipinski definition) is 5. The van der Waals surface area contributed by atoms with E-state index in [-0.39, 0.29) is 6.79 Å². The summed E-state index contributed by atoms with van der Waals surface area (Å²) in [5.41, 5.74) is 0. The summed E-state index contributed by atoms with van der Waals surface area (Å²) < 4.78 is 16.4. The van der Waals surface area contributed by atoms with E-state index in [2.05, 4.69) is 41.6 Å². The zero-order valence-corrected chi connectivity index (χ0v) is 15.3. The maximum atomic E-state index is 5.75. The molecule has 0 aliphatic carbocycles. The summed E-state index contributed by atoms with van der Waals surface area (Å²) in [5.74, 6) is 3.05. The van der Waals surface area contributed by atoms with E-state index in [1.165, 1.54) is 9.75 Å². The number of thiophene rings is 1. The van der Waals surface area contributed by atoms with Gasteiger partial charge in [-0.1, -0.05) is 0 Å². The molecule has 2 aromatic rings. The van der Waals surface area contributed by atoms with E-state index in [1.807, 2.05) is 18.2 Å². The van der Waals surface area contributed by atoms with Crippen LogP contribution >= 0.6 is 11.3 Å². The summed E-state index contributed by atoms with van der Waals surface area (Å²) in [5, 5.41) is 6.53. The minimum Gasteiger partial charge on any atom is -0.492 e. The number of fused-ring (bicyclic) bond motifs is 1. The third kappa shape index (κ3) is 5.03. The van der Waals surface area contributed by atoms with Gasteiger partial charge in [0.05, 0.1) is 13.1 Å². The van der Waals surface area contributed by atoms with Gasteiger partial charge in [-0.2, -0.15) is 0 Å². The standard InChI is InChI=1S/C18H23N3O3S/c1-3-19-18(21-11-15-6-4-13(2)25-15)20-8-9-22-14-5-7-16-17(10-14)24-12-23-16/h4-7,10H,3,8-9,11-12H2,1-2H3,(H2,19,20,21). The largest absolute Gasteiger partial charge is 0.492 e. The van der Waals surface area contributed by atoms with Gasteiger partial charge >= 0.3 is 0 Å². The molecule has 1 aromatic heterocycles. The number of ether oxygens (including phenoxy) is 3. The Morgan fingerprint density at radius 2 is 2.08 bits per heavy atom. The lowest BCUT2D eigenvalue weighted by molar-refractivity contribution is 0.173. The number of aliphatic imine (C=N–C) groups is 1. The quantitative estimate of drug-likeness (QED) is 0.451. The highest BCUT2D eigenvalue weighted by molar-refractivity contribution is 7.11. The Balaban J connectivity index is 1.45. The van der Waals surface area contributed by atoms with Gasteiger partial charge in [0.15, 0.2) is 17.5 Å². The fourth-order valence-electron chi connectivity index (χ4n) is 2.37. The molecule has 0 saturated heterocycles. The molecule has 1 aliphatic heterocycles. The van der Waals surface area contributed by atoms with E-state index in [0.29, 0.717) is 19.7 Å². The number of nitrogens with one attached hydrogen (secondary N) is 2. The molecule has 3 rings (SSSR count). The third-order valence-electron chi connectivity index (χ3n) is 3.54. The van der Waals surface area contributed by atoms with Gasteiger partial charge < -0.3 is 24.8 Å². The monoisotopic (exact) mass is 361 g/mol. The smallest absolute Gasteiger partial charge is 0.231 e. The minimum atomic E-state index is 0.270. The van der Waals surface area contributed by atoms with Crippen molar-refractivity contribution in [3.05, 3.63) is 40.1 Å². The van der Waals surface area contributed by atoms with Crippen molar-refractivity contribution in [1.29, 1.82) is 0 Å². The lowest BCUT2D eigenvalue weighted by atomic mass is 10.3. The van der Waals surface area contributed by atoms with Crippen LogP contribution in [-0.2, 0) is 6.54 Å². The summed E-state index contributed by atoms with van der Waals surface area (Å²) in [6.07, 6.45) is 0. The SMILES string of the molecule is CCNC(=NCc1ccc(C)s1)NCCOc1ccc2c(c1)OCO2. The van der Waals surface area contributed by atoms with Crippen LogP contribution in [0, 0.1) is 6.92 Å². The molecule has 2 N–H and O–H groups in total. The molecule has 6 nitrogen and oxygen atoms in total. The van der Waals surface area contributed by atoms with Crippen molar-refractivity contribution in [2.75, 3.05) is 26.5 Å². The summed E-state index contributed by atoms with van der Waals surface area (Å²) in [6.45, 7) is 7.11. The van der Waals surface area contributed by atoms with Crippen LogP contribution in [-0.4, -0.2) is 32.4 Å². The van der Waals surface area contributed by atoms with Gasteiger partial charge in [0.2, 0.25) is 6.79 Å². The normalized spacial score (nSPS) is 13.0. The Hall–Kier alpha value is -2.41. The molecular formula is C18H23N3O3S. The van der Waals surface area contributed by atoms with Gasteiger partial charge in [-0.05, 0) is 38.1 Å². The molecule has 0 unspecified atom stereocenters. The molecule has 0 bridgehead atoms. The fourth-order valence-corrected chi connectivity index (χ4v) is 3.19. The number of aryl methyl sites for hydroxylation is 1. The van der Waals surface area contributed by atoms with E-state index < -0.39 is 0 Å². The first-order valence-electron chi connectivity index (χ1n) is 8.34. The van der Waals surface area contributed by atoms with Crippen molar-refractivity contribution in [2.24, 2.45) is 4.99 Å². The van der Waals surface area contributed by atoms with Crippen molar-refractivity contribution in [3.8, 4) is 17.2 Å². The molecule has 2 heterocycles. The summed E-state index contributed by atoms with van der Waals surface area (Å²) in [7, 11) is 0. The van der Waals surface area contributed by atoms with Crippen LogP contribution in [0.5, 0.6) is 17.2 Å². The zero-order valence-electron chi connectivity index (χ0n) is 14.5. The van der Waals surface area contributed by atoms with Gasteiger partial charge in [0.1, 0.15) is 12.4 Å². The highest BCUT2D eigenvalue weighted by Gasteiger charge is 2.13. The molecular weight excluding hydrogens is 338 g/mol. The first kappa shape index (κ1) is 17.4. The zero-order chi connectivity index (χ0) is 17.5. The summed E-state index contributed by atoms with van der Waals surface area (Å²) >= 11 is 1.77. The van der Waals surface area contributed by atoms with Crippen molar-refractivity contribution in [2.45, 2.75) is 20.4 Å². The van der Waals surface area contributed by atoms with Gasteiger partial charge in [0.25, 0.3) is 0 Å². The first-order chi connectivity index (χ1) is 12.2. The molecule has 7 heteroatoms. The Morgan fingerprint density at radius 3 is 2.88 bits per heavy atom. The molecule has 0 saturated carbocycles. The maximum absolute atomic E-state index is 5.75. The molecule has 134 valence electrons. The molecule has 1 aliphatic rings. The number of benzene rings is 1. The number of hydrogen-bond donors (Lipinski definition) is 2. The molecule has 0 spiro atoms. The average Bonchev–Trinajstić information content (AvgIpc) is 3.24. The summed E-state index contributed by atoms with van der Waals surface area (Å²) in [4.78, 5) is 7.16. The van der Waals surface area contributed by atoms with E-state index >= 15 is 0 Å². The van der Waals surface area contributed by atoms with Crippen LogP contribution < -0.4 is 24.8 Å². The Kier molecular flexibility index (Phi) is 6.00.